The molecule has 5 heteroatoms. The Bertz CT molecular complexity index is 324. The van der Waals surface area contributed by atoms with Gasteiger partial charge in [-0.2, -0.15) is 0 Å². The van der Waals surface area contributed by atoms with Gasteiger partial charge in [0.25, 0.3) is 0 Å². The summed E-state index contributed by atoms with van der Waals surface area (Å²) in [5.74, 6) is 0.967. The second kappa shape index (κ2) is 5.59. The smallest absolute Gasteiger partial charge is 0.409 e. The summed E-state index contributed by atoms with van der Waals surface area (Å²) >= 11 is 0. The van der Waals surface area contributed by atoms with Gasteiger partial charge in [-0.1, -0.05) is 6.92 Å². The number of nitrogens with one attached hydrogen (secondary N) is 1. The maximum absolute atomic E-state index is 11.8. The lowest BCUT2D eigenvalue weighted by Crippen LogP contribution is -2.47. The first-order valence-electron chi connectivity index (χ1n) is 6.84. The third-order valence-corrected chi connectivity index (χ3v) is 3.81. The molecule has 0 bridgehead atoms. The summed E-state index contributed by atoms with van der Waals surface area (Å²) in [5.41, 5.74) is 0. The number of carbonyl (C=O) groups excluding carboxylic acids is 2. The largest absolute Gasteiger partial charge is 0.450 e. The van der Waals surface area contributed by atoms with Crippen molar-refractivity contribution < 1.29 is 14.3 Å². The fourth-order valence-corrected chi connectivity index (χ4v) is 2.42. The van der Waals surface area contributed by atoms with Gasteiger partial charge in [0, 0.05) is 25.0 Å². The van der Waals surface area contributed by atoms with Gasteiger partial charge in [0.1, 0.15) is 0 Å². The zero-order chi connectivity index (χ0) is 13.1. The monoisotopic (exact) mass is 254 g/mol. The van der Waals surface area contributed by atoms with Gasteiger partial charge in [0.2, 0.25) is 5.91 Å². The lowest BCUT2D eigenvalue weighted by atomic mass is 10.1. The van der Waals surface area contributed by atoms with E-state index in [2.05, 4.69) is 12.2 Å². The van der Waals surface area contributed by atoms with Crippen LogP contribution in [0.2, 0.25) is 0 Å². The van der Waals surface area contributed by atoms with Gasteiger partial charge in [-0.05, 0) is 32.1 Å². The molecular formula is C13H22N2O3. The van der Waals surface area contributed by atoms with Gasteiger partial charge >= 0.3 is 6.09 Å². The highest BCUT2D eigenvalue weighted by molar-refractivity contribution is 5.81. The average molecular weight is 254 g/mol. The van der Waals surface area contributed by atoms with Crippen molar-refractivity contribution in [3.05, 3.63) is 0 Å². The summed E-state index contributed by atoms with van der Waals surface area (Å²) in [6, 6.07) is 0.218. The lowest BCUT2D eigenvalue weighted by molar-refractivity contribution is -0.123. The van der Waals surface area contributed by atoms with E-state index in [9.17, 15) is 9.59 Å². The summed E-state index contributed by atoms with van der Waals surface area (Å²) in [5, 5.41) is 3.08. The van der Waals surface area contributed by atoms with Crippen LogP contribution < -0.4 is 5.32 Å². The van der Waals surface area contributed by atoms with Gasteiger partial charge in [-0.15, -0.1) is 0 Å². The standard InChI is InChI=1S/C13H22N2O3/c1-3-18-13(17)15-6-4-10(5-7-15)14-12(16)11-8-9(11)2/h9-11H,3-8H2,1-2H3,(H,14,16). The van der Waals surface area contributed by atoms with Crippen molar-refractivity contribution in [2.75, 3.05) is 19.7 Å². The molecule has 5 nitrogen and oxygen atoms in total. The van der Waals surface area contributed by atoms with Crippen LogP contribution in [0.5, 0.6) is 0 Å². The van der Waals surface area contributed by atoms with Gasteiger partial charge < -0.3 is 15.0 Å². The molecule has 1 N–H and O–H groups in total. The summed E-state index contributed by atoms with van der Waals surface area (Å²) in [4.78, 5) is 25.0. The number of hydrogen-bond donors (Lipinski definition) is 1. The van der Waals surface area contributed by atoms with E-state index in [-0.39, 0.29) is 24.0 Å². The first-order chi connectivity index (χ1) is 8.61. The minimum absolute atomic E-state index is 0.192. The number of amides is 2. The molecule has 1 heterocycles. The van der Waals surface area contributed by atoms with E-state index < -0.39 is 0 Å². The van der Waals surface area contributed by atoms with Crippen LogP contribution >= 0.6 is 0 Å². The van der Waals surface area contributed by atoms with Crippen molar-refractivity contribution in [3.63, 3.8) is 0 Å². The Kier molecular flexibility index (Phi) is 4.09. The molecule has 2 fully saturated rings. The summed E-state index contributed by atoms with van der Waals surface area (Å²) in [7, 11) is 0. The zero-order valence-corrected chi connectivity index (χ0v) is 11.1. The molecule has 0 aromatic carbocycles. The van der Waals surface area contributed by atoms with Crippen LogP contribution in [0.4, 0.5) is 4.79 Å². The number of likely N-dealkylation sites (tertiary alicyclic amines) is 1. The molecular weight excluding hydrogens is 232 g/mol. The first-order valence-corrected chi connectivity index (χ1v) is 6.84. The summed E-state index contributed by atoms with van der Waals surface area (Å²) < 4.78 is 4.96. The molecule has 2 amide bonds. The number of ether oxygens (including phenoxy) is 1. The van der Waals surface area contributed by atoms with E-state index in [1.54, 1.807) is 4.90 Å². The second-order valence-corrected chi connectivity index (χ2v) is 5.29. The second-order valence-electron chi connectivity index (χ2n) is 5.29. The van der Waals surface area contributed by atoms with E-state index in [0.29, 0.717) is 25.6 Å². The van der Waals surface area contributed by atoms with Crippen molar-refractivity contribution in [2.24, 2.45) is 11.8 Å². The number of piperidine rings is 1. The number of carbonyl (C=O) groups is 2. The minimum atomic E-state index is -0.238. The van der Waals surface area contributed by atoms with Crippen molar-refractivity contribution >= 4 is 12.0 Å². The molecule has 2 atom stereocenters. The molecule has 2 rings (SSSR count). The van der Waals surface area contributed by atoms with E-state index >= 15 is 0 Å². The maximum atomic E-state index is 11.8. The van der Waals surface area contributed by atoms with Crippen LogP contribution in [0.15, 0.2) is 0 Å². The van der Waals surface area contributed by atoms with E-state index in [1.807, 2.05) is 6.92 Å². The summed E-state index contributed by atoms with van der Waals surface area (Å²) in [6.45, 7) is 5.67. The number of hydrogen-bond acceptors (Lipinski definition) is 3. The fourth-order valence-electron chi connectivity index (χ4n) is 2.42. The predicted octanol–water partition coefficient (Wildman–Crippen LogP) is 1.38. The lowest BCUT2D eigenvalue weighted by Gasteiger charge is -2.31. The quantitative estimate of drug-likeness (QED) is 0.827. The molecule has 2 unspecified atom stereocenters. The Hall–Kier alpha value is -1.26. The first kappa shape index (κ1) is 13.2. The van der Waals surface area contributed by atoms with Crippen molar-refractivity contribution in [2.45, 2.75) is 39.2 Å². The molecule has 0 spiro atoms. The molecule has 2 aliphatic rings. The molecule has 1 aliphatic carbocycles. The van der Waals surface area contributed by atoms with Crippen LogP contribution in [0, 0.1) is 11.8 Å². The number of rotatable bonds is 3. The van der Waals surface area contributed by atoms with E-state index in [1.165, 1.54) is 0 Å². The topological polar surface area (TPSA) is 58.6 Å². The van der Waals surface area contributed by atoms with E-state index in [0.717, 1.165) is 19.3 Å². The normalized spacial score (nSPS) is 27.8. The van der Waals surface area contributed by atoms with Crippen LogP contribution in [-0.4, -0.2) is 42.6 Å². The van der Waals surface area contributed by atoms with Gasteiger partial charge in [0.05, 0.1) is 6.61 Å². The SMILES string of the molecule is CCOC(=O)N1CCC(NC(=O)C2CC2C)CC1. The third-order valence-electron chi connectivity index (χ3n) is 3.81. The molecule has 102 valence electrons. The molecule has 18 heavy (non-hydrogen) atoms. The van der Waals surface area contributed by atoms with Gasteiger partial charge in [0.15, 0.2) is 0 Å². The maximum Gasteiger partial charge on any atom is 0.409 e. The highest BCUT2D eigenvalue weighted by Crippen LogP contribution is 2.37. The van der Waals surface area contributed by atoms with Crippen LogP contribution in [0.3, 0.4) is 0 Å². The average Bonchev–Trinajstić information content (AvgIpc) is 3.08. The van der Waals surface area contributed by atoms with Crippen molar-refractivity contribution in [3.8, 4) is 0 Å². The molecule has 0 aromatic rings. The Morgan fingerprint density at radius 1 is 1.33 bits per heavy atom. The minimum Gasteiger partial charge on any atom is -0.450 e. The highest BCUT2D eigenvalue weighted by atomic mass is 16.6. The van der Waals surface area contributed by atoms with Crippen LogP contribution in [0.1, 0.15) is 33.1 Å². The third kappa shape index (κ3) is 3.15. The Balaban J connectivity index is 1.70. The molecule has 1 saturated carbocycles. The molecule has 1 saturated heterocycles. The Labute approximate surface area is 108 Å². The van der Waals surface area contributed by atoms with Crippen molar-refractivity contribution in [1.29, 1.82) is 0 Å². The fraction of sp³-hybridized carbons (Fsp3) is 0.846. The van der Waals surface area contributed by atoms with Crippen LogP contribution in [0.25, 0.3) is 0 Å². The Morgan fingerprint density at radius 2 is 1.94 bits per heavy atom. The van der Waals surface area contributed by atoms with Crippen LogP contribution in [-0.2, 0) is 9.53 Å². The highest BCUT2D eigenvalue weighted by Gasteiger charge is 2.40. The van der Waals surface area contributed by atoms with Crippen molar-refractivity contribution in [1.82, 2.24) is 10.2 Å². The zero-order valence-electron chi connectivity index (χ0n) is 11.1. The summed E-state index contributed by atoms with van der Waals surface area (Å²) in [6.07, 6.45) is 2.43. The van der Waals surface area contributed by atoms with Gasteiger partial charge in [-0.25, -0.2) is 4.79 Å². The molecule has 1 aliphatic heterocycles. The van der Waals surface area contributed by atoms with Gasteiger partial charge in [-0.3, -0.25) is 4.79 Å². The van der Waals surface area contributed by atoms with E-state index in [4.69, 9.17) is 4.74 Å². The predicted molar refractivity (Wildman–Crippen MR) is 67.0 cm³/mol. The molecule has 0 aromatic heterocycles. The number of nitrogens with zero attached hydrogens (tertiary/aromatic N) is 1. The molecule has 0 radical (unpaired) electrons. The Morgan fingerprint density at radius 3 is 2.44 bits per heavy atom.